The Morgan fingerprint density at radius 1 is 0.828 bits per heavy atom. The lowest BCUT2D eigenvalue weighted by molar-refractivity contribution is -0.118. The molecule has 4 nitrogen and oxygen atoms in total. The highest BCUT2D eigenvalue weighted by molar-refractivity contribution is 9.10. The molecule has 0 aliphatic carbocycles. The van der Waals surface area contributed by atoms with E-state index in [1.807, 2.05) is 36.4 Å². The van der Waals surface area contributed by atoms with E-state index in [0.717, 1.165) is 38.7 Å². The number of benzene rings is 3. The van der Waals surface area contributed by atoms with E-state index < -0.39 is 0 Å². The molecule has 1 N–H and O–H groups in total. The van der Waals surface area contributed by atoms with Crippen LogP contribution in [0.4, 0.5) is 4.79 Å². The van der Waals surface area contributed by atoms with Crippen molar-refractivity contribution in [1.82, 2.24) is 5.32 Å². The number of thioether (sulfide) groups is 1. The first-order chi connectivity index (χ1) is 14.1. The standard InChI is InChI=1S/C23H18BrNO3S/c24-19-9-7-18(8-10-19)17-5-1-16(2-6-17)14-28-20-11-3-15(4-12-20)13-21-22(26)25-23(27)29-21/h1-12,21H,13-14H2,(H,25,26,27). The minimum atomic E-state index is -0.349. The van der Waals surface area contributed by atoms with E-state index in [-0.39, 0.29) is 16.4 Å². The fourth-order valence-corrected chi connectivity index (χ4v) is 4.19. The van der Waals surface area contributed by atoms with E-state index in [0.29, 0.717) is 13.0 Å². The Labute approximate surface area is 181 Å². The average Bonchev–Trinajstić information content (AvgIpc) is 3.05. The first-order valence-corrected chi connectivity index (χ1v) is 10.8. The van der Waals surface area contributed by atoms with Crippen LogP contribution in [0.15, 0.2) is 77.3 Å². The third kappa shape index (κ3) is 5.08. The highest BCUT2D eigenvalue weighted by atomic mass is 79.9. The van der Waals surface area contributed by atoms with Gasteiger partial charge in [0.2, 0.25) is 5.91 Å². The molecule has 2 amide bonds. The molecule has 0 radical (unpaired) electrons. The highest BCUT2D eigenvalue weighted by Crippen LogP contribution is 2.25. The van der Waals surface area contributed by atoms with Gasteiger partial charge in [0.15, 0.2) is 0 Å². The monoisotopic (exact) mass is 467 g/mol. The topological polar surface area (TPSA) is 55.4 Å². The molecule has 0 bridgehead atoms. The zero-order valence-electron chi connectivity index (χ0n) is 15.4. The summed E-state index contributed by atoms with van der Waals surface area (Å²) in [6, 6.07) is 24.2. The molecule has 1 aliphatic heterocycles. The highest BCUT2D eigenvalue weighted by Gasteiger charge is 2.31. The summed E-state index contributed by atoms with van der Waals surface area (Å²) in [5.74, 6) is 0.553. The summed E-state index contributed by atoms with van der Waals surface area (Å²) < 4.78 is 6.94. The normalized spacial score (nSPS) is 16.0. The van der Waals surface area contributed by atoms with E-state index in [2.05, 4.69) is 57.6 Å². The Bertz CT molecular complexity index is 1020. The van der Waals surface area contributed by atoms with E-state index in [1.165, 1.54) is 5.56 Å². The summed E-state index contributed by atoms with van der Waals surface area (Å²) in [6.07, 6.45) is 0.528. The Kier molecular flexibility index (Phi) is 6.02. The number of halogens is 1. The fourth-order valence-electron chi connectivity index (χ4n) is 3.07. The number of hydrogen-bond donors (Lipinski definition) is 1. The number of carbonyl (C=O) groups is 2. The van der Waals surface area contributed by atoms with Crippen LogP contribution >= 0.6 is 27.7 Å². The molecule has 29 heavy (non-hydrogen) atoms. The first kappa shape index (κ1) is 19.7. The van der Waals surface area contributed by atoms with Crippen molar-refractivity contribution in [3.8, 4) is 16.9 Å². The molecule has 0 aromatic heterocycles. The van der Waals surface area contributed by atoms with Gasteiger partial charge in [0.05, 0.1) is 5.25 Å². The van der Waals surface area contributed by atoms with Crippen LogP contribution in [0.25, 0.3) is 11.1 Å². The van der Waals surface area contributed by atoms with Gasteiger partial charge in [-0.25, -0.2) is 0 Å². The zero-order chi connectivity index (χ0) is 20.2. The molecule has 1 atom stereocenters. The Morgan fingerprint density at radius 2 is 1.41 bits per heavy atom. The predicted octanol–water partition coefficient (Wildman–Crippen LogP) is 5.59. The maximum absolute atomic E-state index is 11.7. The number of imide groups is 1. The van der Waals surface area contributed by atoms with Crippen molar-refractivity contribution in [2.24, 2.45) is 0 Å². The van der Waals surface area contributed by atoms with Crippen molar-refractivity contribution < 1.29 is 14.3 Å². The van der Waals surface area contributed by atoms with Crippen LogP contribution in [-0.4, -0.2) is 16.4 Å². The molecule has 6 heteroatoms. The van der Waals surface area contributed by atoms with Crippen LogP contribution in [0.2, 0.25) is 0 Å². The fraction of sp³-hybridized carbons (Fsp3) is 0.130. The Morgan fingerprint density at radius 3 is 2.00 bits per heavy atom. The molecule has 1 saturated heterocycles. The summed E-state index contributed by atoms with van der Waals surface area (Å²) >= 11 is 4.50. The molecule has 146 valence electrons. The number of carbonyl (C=O) groups excluding carboxylic acids is 2. The molecule has 3 aromatic carbocycles. The zero-order valence-corrected chi connectivity index (χ0v) is 17.8. The van der Waals surface area contributed by atoms with Crippen molar-refractivity contribution in [3.63, 3.8) is 0 Å². The molecular weight excluding hydrogens is 450 g/mol. The Balaban J connectivity index is 1.32. The maximum atomic E-state index is 11.7. The predicted molar refractivity (Wildman–Crippen MR) is 119 cm³/mol. The number of ether oxygens (including phenoxy) is 1. The lowest BCUT2D eigenvalue weighted by atomic mass is 10.0. The molecule has 3 aromatic rings. The summed E-state index contributed by atoms with van der Waals surface area (Å²) in [5, 5.41) is 1.69. The van der Waals surface area contributed by atoms with Gasteiger partial charge in [-0.2, -0.15) is 0 Å². The third-order valence-electron chi connectivity index (χ3n) is 4.65. The van der Waals surface area contributed by atoms with Crippen molar-refractivity contribution in [2.45, 2.75) is 18.3 Å². The van der Waals surface area contributed by atoms with E-state index in [1.54, 1.807) is 0 Å². The van der Waals surface area contributed by atoms with E-state index >= 15 is 0 Å². The molecule has 0 spiro atoms. The molecule has 0 saturated carbocycles. The van der Waals surface area contributed by atoms with Crippen molar-refractivity contribution >= 4 is 38.8 Å². The quantitative estimate of drug-likeness (QED) is 0.513. The van der Waals surface area contributed by atoms with Crippen LogP contribution in [0, 0.1) is 0 Å². The second-order valence-electron chi connectivity index (χ2n) is 6.72. The van der Waals surface area contributed by atoms with Crippen LogP contribution in [0.3, 0.4) is 0 Å². The summed E-state index contributed by atoms with van der Waals surface area (Å²) in [4.78, 5) is 22.9. The van der Waals surface area contributed by atoms with Gasteiger partial charge in [-0.3, -0.25) is 14.9 Å². The molecule has 1 aliphatic rings. The van der Waals surface area contributed by atoms with Crippen LogP contribution in [-0.2, 0) is 17.8 Å². The van der Waals surface area contributed by atoms with Crippen molar-refractivity contribution in [1.29, 1.82) is 0 Å². The summed E-state index contributed by atoms with van der Waals surface area (Å²) in [7, 11) is 0. The van der Waals surface area contributed by atoms with Crippen LogP contribution in [0.1, 0.15) is 11.1 Å². The average molecular weight is 468 g/mol. The van der Waals surface area contributed by atoms with Gasteiger partial charge in [-0.15, -0.1) is 0 Å². The Hall–Kier alpha value is -2.57. The molecular formula is C23H18BrNO3S. The number of rotatable bonds is 6. The number of hydrogen-bond acceptors (Lipinski definition) is 4. The second kappa shape index (κ2) is 8.84. The van der Waals surface area contributed by atoms with E-state index in [9.17, 15) is 9.59 Å². The smallest absolute Gasteiger partial charge is 0.286 e. The van der Waals surface area contributed by atoms with Gasteiger partial charge >= 0.3 is 0 Å². The van der Waals surface area contributed by atoms with Crippen LogP contribution < -0.4 is 10.1 Å². The summed E-state index contributed by atoms with van der Waals surface area (Å²) in [6.45, 7) is 0.481. The summed E-state index contributed by atoms with van der Waals surface area (Å²) in [5.41, 5.74) is 4.43. The van der Waals surface area contributed by atoms with Gasteiger partial charge in [-0.05, 0) is 52.9 Å². The van der Waals surface area contributed by atoms with Gasteiger partial charge in [-0.1, -0.05) is 76.2 Å². The lowest BCUT2D eigenvalue weighted by Crippen LogP contribution is -2.25. The first-order valence-electron chi connectivity index (χ1n) is 9.15. The number of amides is 2. The third-order valence-corrected chi connectivity index (χ3v) is 6.16. The van der Waals surface area contributed by atoms with Crippen molar-refractivity contribution in [2.75, 3.05) is 0 Å². The largest absolute Gasteiger partial charge is 0.489 e. The van der Waals surface area contributed by atoms with Gasteiger partial charge < -0.3 is 4.74 Å². The minimum Gasteiger partial charge on any atom is -0.489 e. The van der Waals surface area contributed by atoms with Gasteiger partial charge in [0.25, 0.3) is 5.24 Å². The molecule has 1 fully saturated rings. The number of nitrogens with one attached hydrogen (secondary N) is 1. The minimum absolute atomic E-state index is 0.216. The lowest BCUT2D eigenvalue weighted by Gasteiger charge is -2.09. The van der Waals surface area contributed by atoms with E-state index in [4.69, 9.17) is 4.74 Å². The van der Waals surface area contributed by atoms with Crippen molar-refractivity contribution in [3.05, 3.63) is 88.4 Å². The SMILES string of the molecule is O=C1NC(=O)C(Cc2ccc(OCc3ccc(-c4ccc(Br)cc4)cc3)cc2)S1. The maximum Gasteiger partial charge on any atom is 0.286 e. The van der Waals surface area contributed by atoms with Crippen LogP contribution in [0.5, 0.6) is 5.75 Å². The second-order valence-corrected chi connectivity index (χ2v) is 8.81. The molecule has 1 unspecified atom stereocenters. The molecule has 1 heterocycles. The van der Waals surface area contributed by atoms with Gasteiger partial charge in [0.1, 0.15) is 12.4 Å². The molecule has 4 rings (SSSR count). The van der Waals surface area contributed by atoms with Gasteiger partial charge in [0, 0.05) is 4.47 Å².